The molecule has 0 spiro atoms. The Morgan fingerprint density at radius 2 is 2.10 bits per heavy atom. The molecule has 0 radical (unpaired) electrons. The number of hydrogen-bond acceptors (Lipinski definition) is 5. The fourth-order valence-corrected chi connectivity index (χ4v) is 4.48. The van der Waals surface area contributed by atoms with Crippen LogP contribution in [-0.4, -0.2) is 24.9 Å². The molecule has 21 heavy (non-hydrogen) atoms. The molecule has 0 aliphatic carbocycles. The molecule has 0 heterocycles. The Morgan fingerprint density at radius 1 is 1.43 bits per heavy atom. The van der Waals surface area contributed by atoms with Gasteiger partial charge in [-0.25, -0.2) is 4.39 Å². The standard InChI is InChI=1S/C14H21FNO3PS/c1-5-18-16-14(12-8-6-7-9-13(12)15)19-20(4,17)21-10-11(2)3/h6-9,11H,5,10H2,1-4H3. The molecular weight excluding hydrogens is 312 g/mol. The van der Waals surface area contributed by atoms with Gasteiger partial charge in [-0.2, -0.15) is 0 Å². The Hall–Kier alpha value is -1.00. The van der Waals surface area contributed by atoms with E-state index in [1.54, 1.807) is 19.1 Å². The number of hydrogen-bond donors (Lipinski definition) is 0. The highest BCUT2D eigenvalue weighted by molar-refractivity contribution is 8.56. The van der Waals surface area contributed by atoms with Gasteiger partial charge >= 0.3 is 6.57 Å². The second-order valence-corrected chi connectivity index (χ2v) is 9.93. The van der Waals surface area contributed by atoms with Crippen molar-refractivity contribution in [2.45, 2.75) is 20.8 Å². The van der Waals surface area contributed by atoms with Crippen LogP contribution in [-0.2, 0) is 13.9 Å². The molecular formula is C14H21FNO3PS. The van der Waals surface area contributed by atoms with Crippen LogP contribution >= 0.6 is 18.0 Å². The smallest absolute Gasteiger partial charge is 0.301 e. The maximum absolute atomic E-state index is 13.8. The molecule has 0 aliphatic heterocycles. The van der Waals surface area contributed by atoms with Crippen molar-refractivity contribution in [1.29, 1.82) is 0 Å². The molecule has 0 aliphatic rings. The quantitative estimate of drug-likeness (QED) is 0.313. The first-order valence-corrected chi connectivity index (χ1v) is 10.4. The van der Waals surface area contributed by atoms with Crippen molar-refractivity contribution in [1.82, 2.24) is 0 Å². The third kappa shape index (κ3) is 6.53. The van der Waals surface area contributed by atoms with Crippen LogP contribution in [0.1, 0.15) is 26.3 Å². The maximum atomic E-state index is 13.8. The van der Waals surface area contributed by atoms with E-state index >= 15 is 0 Å². The number of benzene rings is 1. The number of rotatable bonds is 7. The van der Waals surface area contributed by atoms with Crippen molar-refractivity contribution in [2.24, 2.45) is 11.1 Å². The molecule has 0 amide bonds. The summed E-state index contributed by atoms with van der Waals surface area (Å²) in [5.74, 6) is 0.488. The zero-order chi connectivity index (χ0) is 15.9. The van der Waals surface area contributed by atoms with Gasteiger partial charge in [-0.1, -0.05) is 37.4 Å². The van der Waals surface area contributed by atoms with Gasteiger partial charge < -0.3 is 9.36 Å². The highest BCUT2D eigenvalue weighted by Gasteiger charge is 2.24. The SMILES string of the molecule is CCON=C(OP(C)(=O)SCC(C)C)c1ccccc1F. The lowest BCUT2D eigenvalue weighted by atomic mass is 10.2. The van der Waals surface area contributed by atoms with Crippen molar-refractivity contribution in [3.63, 3.8) is 0 Å². The van der Waals surface area contributed by atoms with Crippen LogP contribution in [0.25, 0.3) is 0 Å². The molecule has 1 unspecified atom stereocenters. The summed E-state index contributed by atoms with van der Waals surface area (Å²) < 4.78 is 31.8. The van der Waals surface area contributed by atoms with Gasteiger partial charge in [0.25, 0.3) is 5.90 Å². The molecule has 0 N–H and O–H groups in total. The van der Waals surface area contributed by atoms with Crippen LogP contribution in [0.2, 0.25) is 0 Å². The van der Waals surface area contributed by atoms with E-state index in [1.165, 1.54) is 30.2 Å². The van der Waals surface area contributed by atoms with Crippen molar-refractivity contribution in [2.75, 3.05) is 19.0 Å². The lowest BCUT2D eigenvalue weighted by Gasteiger charge is -2.17. The minimum atomic E-state index is -2.99. The predicted molar refractivity (Wildman–Crippen MR) is 86.5 cm³/mol. The van der Waals surface area contributed by atoms with Gasteiger partial charge in [-0.3, -0.25) is 4.57 Å². The average molecular weight is 333 g/mol. The van der Waals surface area contributed by atoms with Gasteiger partial charge in [-0.05, 0) is 30.1 Å². The second-order valence-electron chi connectivity index (χ2n) is 4.85. The summed E-state index contributed by atoms with van der Waals surface area (Å²) in [6.07, 6.45) is 0. The van der Waals surface area contributed by atoms with Gasteiger partial charge in [0.2, 0.25) is 0 Å². The van der Waals surface area contributed by atoms with Crippen molar-refractivity contribution in [3.8, 4) is 0 Å². The fraction of sp³-hybridized carbons (Fsp3) is 0.500. The van der Waals surface area contributed by atoms with Crippen LogP contribution in [0, 0.1) is 11.7 Å². The molecule has 0 saturated carbocycles. The number of nitrogens with zero attached hydrogens (tertiary/aromatic N) is 1. The molecule has 0 fully saturated rings. The molecule has 1 rings (SSSR count). The first kappa shape index (κ1) is 18.1. The molecule has 1 atom stereocenters. The molecule has 1 aromatic carbocycles. The van der Waals surface area contributed by atoms with Gasteiger partial charge in [0, 0.05) is 12.4 Å². The Bertz CT molecular complexity index is 537. The molecule has 1 aromatic rings. The lowest BCUT2D eigenvalue weighted by molar-refractivity contribution is 0.153. The van der Waals surface area contributed by atoms with E-state index in [9.17, 15) is 8.96 Å². The Labute approximate surface area is 129 Å². The van der Waals surface area contributed by atoms with E-state index in [0.717, 1.165) is 0 Å². The Balaban J connectivity index is 2.95. The van der Waals surface area contributed by atoms with E-state index in [2.05, 4.69) is 5.16 Å². The summed E-state index contributed by atoms with van der Waals surface area (Å²) >= 11 is 1.22. The molecule has 118 valence electrons. The van der Waals surface area contributed by atoms with Crippen molar-refractivity contribution >= 4 is 23.9 Å². The summed E-state index contributed by atoms with van der Waals surface area (Å²) in [5.41, 5.74) is 0.137. The zero-order valence-electron chi connectivity index (χ0n) is 12.7. The monoisotopic (exact) mass is 333 g/mol. The Kier molecular flexibility index (Phi) is 7.26. The van der Waals surface area contributed by atoms with Gasteiger partial charge in [0.1, 0.15) is 12.4 Å². The van der Waals surface area contributed by atoms with Crippen LogP contribution in [0.15, 0.2) is 29.4 Å². The summed E-state index contributed by atoms with van der Waals surface area (Å²) in [7, 11) is 0. The van der Waals surface area contributed by atoms with Gasteiger partial charge in [0.15, 0.2) is 0 Å². The molecule has 0 bridgehead atoms. The average Bonchev–Trinajstić information content (AvgIpc) is 2.42. The third-order valence-electron chi connectivity index (χ3n) is 2.28. The van der Waals surface area contributed by atoms with Crippen LogP contribution in [0.5, 0.6) is 0 Å². The summed E-state index contributed by atoms with van der Waals surface area (Å²) in [5, 5.41) is 3.75. The summed E-state index contributed by atoms with van der Waals surface area (Å²) in [4.78, 5) is 4.94. The van der Waals surface area contributed by atoms with E-state index in [1.807, 2.05) is 13.8 Å². The zero-order valence-corrected chi connectivity index (χ0v) is 14.4. The van der Waals surface area contributed by atoms with E-state index in [0.29, 0.717) is 18.3 Å². The number of halogens is 1. The van der Waals surface area contributed by atoms with Crippen LogP contribution in [0.4, 0.5) is 4.39 Å². The molecule has 7 heteroatoms. The highest BCUT2D eigenvalue weighted by atomic mass is 32.7. The highest BCUT2D eigenvalue weighted by Crippen LogP contribution is 2.57. The number of oxime groups is 1. The van der Waals surface area contributed by atoms with E-state index in [-0.39, 0.29) is 11.5 Å². The third-order valence-corrected chi connectivity index (χ3v) is 6.14. The van der Waals surface area contributed by atoms with Crippen LogP contribution in [0.3, 0.4) is 0 Å². The largest absolute Gasteiger partial charge is 0.414 e. The van der Waals surface area contributed by atoms with E-state index in [4.69, 9.17) is 9.36 Å². The fourth-order valence-electron chi connectivity index (χ4n) is 1.34. The van der Waals surface area contributed by atoms with Crippen molar-refractivity contribution < 1.29 is 18.3 Å². The maximum Gasteiger partial charge on any atom is 0.301 e. The Morgan fingerprint density at radius 3 is 2.67 bits per heavy atom. The van der Waals surface area contributed by atoms with Gasteiger partial charge in [-0.15, -0.1) is 0 Å². The van der Waals surface area contributed by atoms with Gasteiger partial charge in [0.05, 0.1) is 5.56 Å². The molecule has 0 aromatic heterocycles. The minimum Gasteiger partial charge on any atom is -0.414 e. The predicted octanol–water partition coefficient (Wildman–Crippen LogP) is 4.75. The molecule has 4 nitrogen and oxygen atoms in total. The summed E-state index contributed by atoms with van der Waals surface area (Å²) in [6, 6.07) is 6.03. The first-order chi connectivity index (χ1) is 9.85. The second kappa shape index (κ2) is 8.44. The molecule has 0 saturated heterocycles. The lowest BCUT2D eigenvalue weighted by Crippen LogP contribution is -2.08. The first-order valence-electron chi connectivity index (χ1n) is 6.72. The normalized spacial score (nSPS) is 14.9. The van der Waals surface area contributed by atoms with Crippen molar-refractivity contribution in [3.05, 3.63) is 35.6 Å². The minimum absolute atomic E-state index is 0.0861. The van der Waals surface area contributed by atoms with Crippen LogP contribution < -0.4 is 0 Å². The van der Waals surface area contributed by atoms with E-state index < -0.39 is 12.4 Å². The topological polar surface area (TPSA) is 47.9 Å². The summed E-state index contributed by atoms with van der Waals surface area (Å²) in [6.45, 7) is 4.63.